The number of nitrogens with one attached hydrogen (secondary N) is 1. The van der Waals surface area contributed by atoms with Crippen molar-refractivity contribution in [2.45, 2.75) is 51.8 Å². The van der Waals surface area contributed by atoms with Crippen LogP contribution >= 0.6 is 11.8 Å². The molecule has 1 heterocycles. The third kappa shape index (κ3) is 5.23. The van der Waals surface area contributed by atoms with E-state index < -0.39 is 5.97 Å². The van der Waals surface area contributed by atoms with E-state index in [9.17, 15) is 9.59 Å². The molecule has 0 bridgehead atoms. The summed E-state index contributed by atoms with van der Waals surface area (Å²) < 4.78 is 0. The standard InChI is InChI=1S/C14H26N2O3S/c1-5-10-9-16(6-7-20-10)13(19)15-11(8-12(17)18)14(2,3)4/h10-11H,5-9H2,1-4H3,(H,15,19)(H,17,18). The lowest BCUT2D eigenvalue weighted by molar-refractivity contribution is -0.138. The number of rotatable bonds is 4. The number of amides is 2. The van der Waals surface area contributed by atoms with Crippen molar-refractivity contribution in [3.05, 3.63) is 0 Å². The van der Waals surface area contributed by atoms with Gasteiger partial charge in [-0.3, -0.25) is 4.79 Å². The first-order valence-electron chi connectivity index (χ1n) is 7.13. The minimum atomic E-state index is -0.883. The minimum absolute atomic E-state index is 0.0466. The van der Waals surface area contributed by atoms with Gasteiger partial charge in [0, 0.05) is 30.1 Å². The van der Waals surface area contributed by atoms with Crippen LogP contribution in [0, 0.1) is 5.41 Å². The van der Waals surface area contributed by atoms with Gasteiger partial charge in [-0.1, -0.05) is 27.7 Å². The van der Waals surface area contributed by atoms with Crippen LogP contribution < -0.4 is 5.32 Å². The molecule has 1 aliphatic heterocycles. The summed E-state index contributed by atoms with van der Waals surface area (Å²) in [4.78, 5) is 25.1. The summed E-state index contributed by atoms with van der Waals surface area (Å²) in [5.41, 5.74) is -0.275. The molecule has 0 aromatic carbocycles. The lowest BCUT2D eigenvalue weighted by atomic mass is 9.85. The number of urea groups is 1. The fourth-order valence-corrected chi connectivity index (χ4v) is 3.32. The molecule has 2 N–H and O–H groups in total. The van der Waals surface area contributed by atoms with Crippen LogP contribution in [0.1, 0.15) is 40.5 Å². The van der Waals surface area contributed by atoms with Gasteiger partial charge < -0.3 is 15.3 Å². The molecular formula is C14H26N2O3S. The molecule has 1 fully saturated rings. The van der Waals surface area contributed by atoms with Crippen LogP contribution in [0.2, 0.25) is 0 Å². The van der Waals surface area contributed by atoms with E-state index in [0.717, 1.165) is 25.3 Å². The normalized spacial score (nSPS) is 21.4. The van der Waals surface area contributed by atoms with Crippen molar-refractivity contribution < 1.29 is 14.7 Å². The fourth-order valence-electron chi connectivity index (χ4n) is 2.14. The molecule has 2 unspecified atom stereocenters. The molecular weight excluding hydrogens is 276 g/mol. The fraction of sp³-hybridized carbons (Fsp3) is 0.857. The van der Waals surface area contributed by atoms with E-state index in [1.54, 1.807) is 0 Å². The number of carboxylic acid groups (broad SMARTS) is 1. The highest BCUT2D eigenvalue weighted by molar-refractivity contribution is 8.00. The predicted octanol–water partition coefficient (Wildman–Crippen LogP) is 2.41. The molecule has 0 aliphatic carbocycles. The molecule has 0 aromatic heterocycles. The van der Waals surface area contributed by atoms with Crippen LogP contribution in [-0.2, 0) is 4.79 Å². The second-order valence-corrected chi connectivity index (χ2v) is 7.72. The Morgan fingerprint density at radius 1 is 1.45 bits per heavy atom. The highest BCUT2D eigenvalue weighted by atomic mass is 32.2. The summed E-state index contributed by atoms with van der Waals surface area (Å²) in [6, 6.07) is -0.493. The van der Waals surface area contributed by atoms with Gasteiger partial charge in [0.1, 0.15) is 0 Å². The van der Waals surface area contributed by atoms with Crippen LogP contribution in [0.3, 0.4) is 0 Å². The van der Waals surface area contributed by atoms with Crippen LogP contribution in [0.4, 0.5) is 4.79 Å². The molecule has 116 valence electrons. The van der Waals surface area contributed by atoms with Gasteiger partial charge in [0.15, 0.2) is 0 Å². The van der Waals surface area contributed by atoms with E-state index in [-0.39, 0.29) is 23.9 Å². The molecule has 1 rings (SSSR count). The monoisotopic (exact) mass is 302 g/mol. The van der Waals surface area contributed by atoms with Gasteiger partial charge in [-0.05, 0) is 11.8 Å². The van der Waals surface area contributed by atoms with E-state index in [2.05, 4.69) is 12.2 Å². The van der Waals surface area contributed by atoms with Crippen molar-refractivity contribution in [2.24, 2.45) is 5.41 Å². The zero-order valence-corrected chi connectivity index (χ0v) is 13.6. The third-order valence-electron chi connectivity index (χ3n) is 3.60. The summed E-state index contributed by atoms with van der Waals surface area (Å²) in [5, 5.41) is 12.4. The second kappa shape index (κ2) is 7.20. The molecule has 20 heavy (non-hydrogen) atoms. The summed E-state index contributed by atoms with van der Waals surface area (Å²) in [6.07, 6.45) is 1.00. The Kier molecular flexibility index (Phi) is 6.17. The molecule has 1 aliphatic rings. The van der Waals surface area contributed by atoms with Crippen molar-refractivity contribution in [2.75, 3.05) is 18.8 Å². The molecule has 5 nitrogen and oxygen atoms in total. The average Bonchev–Trinajstić information content (AvgIpc) is 2.36. The highest BCUT2D eigenvalue weighted by Crippen LogP contribution is 2.24. The van der Waals surface area contributed by atoms with Gasteiger partial charge in [0.25, 0.3) is 0 Å². The Hall–Kier alpha value is -0.910. The number of carboxylic acids is 1. The number of carbonyl (C=O) groups excluding carboxylic acids is 1. The van der Waals surface area contributed by atoms with Crippen molar-refractivity contribution in [1.29, 1.82) is 0 Å². The first-order valence-corrected chi connectivity index (χ1v) is 8.17. The van der Waals surface area contributed by atoms with E-state index in [1.165, 1.54) is 0 Å². The maximum absolute atomic E-state index is 12.3. The zero-order valence-electron chi connectivity index (χ0n) is 12.8. The van der Waals surface area contributed by atoms with Crippen LogP contribution in [0.25, 0.3) is 0 Å². The SMILES string of the molecule is CCC1CN(C(=O)NC(CC(=O)O)C(C)(C)C)CCS1. The number of hydrogen-bond acceptors (Lipinski definition) is 3. The van der Waals surface area contributed by atoms with Gasteiger partial charge in [-0.25, -0.2) is 4.79 Å². The molecule has 6 heteroatoms. The minimum Gasteiger partial charge on any atom is -0.481 e. The lowest BCUT2D eigenvalue weighted by Gasteiger charge is -2.36. The molecule has 2 amide bonds. The lowest BCUT2D eigenvalue weighted by Crippen LogP contribution is -2.53. The maximum Gasteiger partial charge on any atom is 0.317 e. The number of hydrogen-bond donors (Lipinski definition) is 2. The molecule has 0 saturated carbocycles. The van der Waals surface area contributed by atoms with Gasteiger partial charge in [-0.15, -0.1) is 0 Å². The summed E-state index contributed by atoms with van der Waals surface area (Å²) in [7, 11) is 0. The number of carbonyl (C=O) groups is 2. The number of thioether (sulfide) groups is 1. The van der Waals surface area contributed by atoms with Gasteiger partial charge in [0.05, 0.1) is 6.42 Å². The summed E-state index contributed by atoms with van der Waals surface area (Å²) in [5.74, 6) is 0.0660. The third-order valence-corrected chi connectivity index (χ3v) is 4.98. The summed E-state index contributed by atoms with van der Waals surface area (Å²) >= 11 is 1.90. The molecule has 0 radical (unpaired) electrons. The Labute approximate surface area is 125 Å². The molecule has 2 atom stereocenters. The first kappa shape index (κ1) is 17.1. The van der Waals surface area contributed by atoms with Crippen LogP contribution in [-0.4, -0.2) is 52.1 Å². The largest absolute Gasteiger partial charge is 0.481 e. The van der Waals surface area contributed by atoms with Gasteiger partial charge >= 0.3 is 12.0 Å². The zero-order chi connectivity index (χ0) is 15.3. The van der Waals surface area contributed by atoms with Gasteiger partial charge in [-0.2, -0.15) is 11.8 Å². The molecule has 0 spiro atoms. The Morgan fingerprint density at radius 2 is 2.10 bits per heavy atom. The van der Waals surface area contributed by atoms with Crippen LogP contribution in [0.15, 0.2) is 0 Å². The van der Waals surface area contributed by atoms with Gasteiger partial charge in [0.2, 0.25) is 0 Å². The van der Waals surface area contributed by atoms with E-state index >= 15 is 0 Å². The topological polar surface area (TPSA) is 69.6 Å². The average molecular weight is 302 g/mol. The van der Waals surface area contributed by atoms with E-state index in [0.29, 0.717) is 5.25 Å². The number of aliphatic carboxylic acids is 1. The molecule has 0 aromatic rings. The van der Waals surface area contributed by atoms with Crippen molar-refractivity contribution in [3.8, 4) is 0 Å². The van der Waals surface area contributed by atoms with Crippen molar-refractivity contribution >= 4 is 23.8 Å². The Bertz CT molecular complexity index is 355. The first-order chi connectivity index (χ1) is 9.24. The number of nitrogens with zero attached hydrogens (tertiary/aromatic N) is 1. The van der Waals surface area contributed by atoms with E-state index in [4.69, 9.17) is 5.11 Å². The van der Waals surface area contributed by atoms with Crippen molar-refractivity contribution in [1.82, 2.24) is 10.2 Å². The maximum atomic E-state index is 12.3. The Morgan fingerprint density at radius 3 is 2.60 bits per heavy atom. The predicted molar refractivity (Wildman–Crippen MR) is 82.1 cm³/mol. The van der Waals surface area contributed by atoms with Crippen molar-refractivity contribution in [3.63, 3.8) is 0 Å². The highest BCUT2D eigenvalue weighted by Gasteiger charge is 2.31. The smallest absolute Gasteiger partial charge is 0.317 e. The quantitative estimate of drug-likeness (QED) is 0.836. The van der Waals surface area contributed by atoms with Crippen LogP contribution in [0.5, 0.6) is 0 Å². The van der Waals surface area contributed by atoms with E-state index in [1.807, 2.05) is 37.4 Å². The molecule has 1 saturated heterocycles. The second-order valence-electron chi connectivity index (χ2n) is 6.31. The summed E-state index contributed by atoms with van der Waals surface area (Å²) in [6.45, 7) is 9.45. The Balaban J connectivity index is 2.63.